The van der Waals surface area contributed by atoms with Gasteiger partial charge in [-0.3, -0.25) is 9.88 Å². The van der Waals surface area contributed by atoms with Crippen LogP contribution in [0.3, 0.4) is 0 Å². The second kappa shape index (κ2) is 5.79. The van der Waals surface area contributed by atoms with E-state index in [1.165, 1.54) is 0 Å². The third-order valence-corrected chi connectivity index (χ3v) is 7.73. The summed E-state index contributed by atoms with van der Waals surface area (Å²) in [7, 11) is -3.27. The first-order valence-corrected chi connectivity index (χ1v) is 10.2. The largest absolute Gasteiger partial charge is 0.472 e. The molecular weight excluding hydrogens is 348 g/mol. The number of nitrogens with zero attached hydrogens (tertiary/aromatic N) is 2. The summed E-state index contributed by atoms with van der Waals surface area (Å²) >= 11 is 0. The molecule has 2 aliphatic heterocycles. The number of furan rings is 1. The molecule has 0 saturated carbocycles. The molecule has 2 aliphatic rings. The molecule has 132 valence electrons. The maximum absolute atomic E-state index is 13.0. The van der Waals surface area contributed by atoms with Gasteiger partial charge in [0.15, 0.2) is 9.84 Å². The van der Waals surface area contributed by atoms with E-state index in [1.807, 2.05) is 30.3 Å². The molecule has 1 fully saturated rings. The molecule has 3 aromatic rings. The zero-order chi connectivity index (χ0) is 17.7. The van der Waals surface area contributed by atoms with Crippen LogP contribution in [0.15, 0.2) is 70.6 Å². The number of fused-ring (bicyclic) bond motifs is 3. The molecule has 2 atom stereocenters. The van der Waals surface area contributed by atoms with Crippen LogP contribution in [0.4, 0.5) is 0 Å². The lowest BCUT2D eigenvalue weighted by Crippen LogP contribution is -2.25. The second-order valence-corrected chi connectivity index (χ2v) is 9.14. The molecule has 4 heterocycles. The molecule has 0 bridgehead atoms. The van der Waals surface area contributed by atoms with Crippen molar-refractivity contribution in [3.05, 3.63) is 72.4 Å². The summed E-state index contributed by atoms with van der Waals surface area (Å²) in [5.74, 6) is 0.0312. The Bertz CT molecular complexity index is 1050. The molecule has 26 heavy (non-hydrogen) atoms. The zero-order valence-corrected chi connectivity index (χ0v) is 14.9. The third-order valence-electron chi connectivity index (χ3n) is 5.47. The first-order chi connectivity index (χ1) is 12.6. The number of hydrogen-bond acceptors (Lipinski definition) is 5. The van der Waals surface area contributed by atoms with Crippen molar-refractivity contribution in [2.75, 3.05) is 13.1 Å². The summed E-state index contributed by atoms with van der Waals surface area (Å²) in [5.41, 5.74) is 4.08. The van der Waals surface area contributed by atoms with Crippen molar-refractivity contribution in [2.45, 2.75) is 22.6 Å². The van der Waals surface area contributed by atoms with Gasteiger partial charge in [0.25, 0.3) is 0 Å². The van der Waals surface area contributed by atoms with Gasteiger partial charge < -0.3 is 4.42 Å². The minimum absolute atomic E-state index is 0.0312. The molecule has 1 aromatic carbocycles. The quantitative estimate of drug-likeness (QED) is 0.713. The van der Waals surface area contributed by atoms with Crippen molar-refractivity contribution in [2.24, 2.45) is 0 Å². The van der Waals surface area contributed by atoms with Crippen molar-refractivity contribution in [1.29, 1.82) is 0 Å². The lowest BCUT2D eigenvalue weighted by Gasteiger charge is -2.17. The van der Waals surface area contributed by atoms with Gasteiger partial charge in [0.05, 0.1) is 22.7 Å². The van der Waals surface area contributed by atoms with Gasteiger partial charge >= 0.3 is 0 Å². The molecule has 2 aromatic heterocycles. The highest BCUT2D eigenvalue weighted by Gasteiger charge is 2.50. The van der Waals surface area contributed by atoms with Crippen molar-refractivity contribution in [3.63, 3.8) is 0 Å². The zero-order valence-electron chi connectivity index (χ0n) is 14.1. The van der Waals surface area contributed by atoms with E-state index in [2.05, 4.69) is 9.88 Å². The number of likely N-dealkylation sites (tertiary alicyclic amines) is 1. The Morgan fingerprint density at radius 2 is 1.92 bits per heavy atom. The molecule has 1 saturated heterocycles. The predicted octanol–water partition coefficient (Wildman–Crippen LogP) is 3.10. The van der Waals surface area contributed by atoms with Crippen LogP contribution < -0.4 is 0 Å². The van der Waals surface area contributed by atoms with E-state index >= 15 is 0 Å². The standard InChI is InChI=1S/C20H18N2O3S/c23-26(24)19-2-1-15(16-5-8-25-13-16)9-17(19)18-11-22(12-20(18)26)10-14-3-6-21-7-4-14/h1-9,13,18,20H,10-12H2/t18-,20-/m1/s1. The van der Waals surface area contributed by atoms with E-state index in [4.69, 9.17) is 4.42 Å². The molecule has 0 aliphatic carbocycles. The Morgan fingerprint density at radius 1 is 1.08 bits per heavy atom. The van der Waals surface area contributed by atoms with Crippen LogP contribution in [0.2, 0.25) is 0 Å². The van der Waals surface area contributed by atoms with Crippen LogP contribution in [-0.4, -0.2) is 36.6 Å². The molecule has 0 N–H and O–H groups in total. The summed E-state index contributed by atoms with van der Waals surface area (Å²) in [5, 5.41) is -0.348. The number of benzene rings is 1. The van der Waals surface area contributed by atoms with Crippen molar-refractivity contribution < 1.29 is 12.8 Å². The monoisotopic (exact) mass is 366 g/mol. The Kier molecular flexibility index (Phi) is 3.52. The molecular formula is C20H18N2O3S. The SMILES string of the molecule is O=S1(=O)c2ccc(-c3ccoc3)cc2[C@H]2CN(Cc3ccncc3)C[C@H]21. The summed E-state index contributed by atoms with van der Waals surface area (Å²) in [6.45, 7) is 2.08. The van der Waals surface area contributed by atoms with Gasteiger partial charge in [0, 0.05) is 43.5 Å². The summed E-state index contributed by atoms with van der Waals surface area (Å²) in [6.07, 6.45) is 6.87. The maximum Gasteiger partial charge on any atom is 0.183 e. The summed E-state index contributed by atoms with van der Waals surface area (Å²) in [4.78, 5) is 6.78. The first-order valence-electron chi connectivity index (χ1n) is 8.64. The third kappa shape index (κ3) is 2.40. The van der Waals surface area contributed by atoms with Gasteiger partial charge in [0.2, 0.25) is 0 Å². The van der Waals surface area contributed by atoms with E-state index < -0.39 is 9.84 Å². The number of rotatable bonds is 3. The van der Waals surface area contributed by atoms with Gasteiger partial charge in [-0.2, -0.15) is 0 Å². The Balaban J connectivity index is 1.49. The van der Waals surface area contributed by atoms with Crippen LogP contribution in [0.5, 0.6) is 0 Å². The molecule has 5 rings (SSSR count). The number of hydrogen-bond donors (Lipinski definition) is 0. The molecule has 0 radical (unpaired) electrons. The number of sulfone groups is 1. The van der Waals surface area contributed by atoms with Crippen LogP contribution in [0, 0.1) is 0 Å². The van der Waals surface area contributed by atoms with Gasteiger partial charge in [-0.05, 0) is 47.0 Å². The van der Waals surface area contributed by atoms with Crippen LogP contribution >= 0.6 is 0 Å². The van der Waals surface area contributed by atoms with Crippen LogP contribution in [0.25, 0.3) is 11.1 Å². The fraction of sp³-hybridized carbons (Fsp3) is 0.250. The lowest BCUT2D eigenvalue weighted by atomic mass is 9.95. The van der Waals surface area contributed by atoms with Crippen LogP contribution in [-0.2, 0) is 16.4 Å². The number of aromatic nitrogens is 1. The minimum atomic E-state index is -3.27. The van der Waals surface area contributed by atoms with Crippen LogP contribution in [0.1, 0.15) is 17.0 Å². The van der Waals surface area contributed by atoms with Crippen molar-refractivity contribution in [1.82, 2.24) is 9.88 Å². The molecule has 0 amide bonds. The topological polar surface area (TPSA) is 63.4 Å². The van der Waals surface area contributed by atoms with Crippen molar-refractivity contribution in [3.8, 4) is 11.1 Å². The van der Waals surface area contributed by atoms with E-state index in [-0.39, 0.29) is 11.2 Å². The fourth-order valence-electron chi connectivity index (χ4n) is 4.21. The average Bonchev–Trinajstić information content (AvgIpc) is 3.35. The molecule has 0 spiro atoms. The van der Waals surface area contributed by atoms with Gasteiger partial charge in [-0.1, -0.05) is 6.07 Å². The normalized spacial score (nSPS) is 23.7. The van der Waals surface area contributed by atoms with E-state index in [0.29, 0.717) is 11.4 Å². The average molecular weight is 366 g/mol. The predicted molar refractivity (Wildman–Crippen MR) is 97.4 cm³/mol. The molecule has 5 nitrogen and oxygen atoms in total. The van der Waals surface area contributed by atoms with E-state index in [0.717, 1.165) is 35.3 Å². The molecule has 0 unspecified atom stereocenters. The fourth-order valence-corrected chi connectivity index (χ4v) is 6.40. The van der Waals surface area contributed by atoms with Crippen molar-refractivity contribution >= 4 is 9.84 Å². The summed E-state index contributed by atoms with van der Waals surface area (Å²) in [6, 6.07) is 11.5. The Labute approximate surface area is 152 Å². The summed E-state index contributed by atoms with van der Waals surface area (Å²) < 4.78 is 31.2. The van der Waals surface area contributed by atoms with Gasteiger partial charge in [0.1, 0.15) is 0 Å². The Hall–Kier alpha value is -2.44. The highest BCUT2D eigenvalue weighted by Crippen LogP contribution is 2.46. The van der Waals surface area contributed by atoms with Gasteiger partial charge in [-0.15, -0.1) is 0 Å². The van der Waals surface area contributed by atoms with E-state index in [1.54, 1.807) is 31.0 Å². The Morgan fingerprint density at radius 3 is 2.69 bits per heavy atom. The number of pyridine rings is 1. The smallest absolute Gasteiger partial charge is 0.183 e. The maximum atomic E-state index is 13.0. The highest BCUT2D eigenvalue weighted by atomic mass is 32.2. The minimum Gasteiger partial charge on any atom is -0.472 e. The van der Waals surface area contributed by atoms with E-state index in [9.17, 15) is 8.42 Å². The van der Waals surface area contributed by atoms with Gasteiger partial charge in [-0.25, -0.2) is 8.42 Å². The first kappa shape index (κ1) is 15.8. The molecule has 6 heteroatoms. The highest BCUT2D eigenvalue weighted by molar-refractivity contribution is 7.92. The second-order valence-electron chi connectivity index (χ2n) is 7.00. The lowest BCUT2D eigenvalue weighted by molar-refractivity contribution is 0.325.